The summed E-state index contributed by atoms with van der Waals surface area (Å²) in [5.41, 5.74) is 8.58. The van der Waals surface area contributed by atoms with E-state index in [0.29, 0.717) is 12.8 Å². The van der Waals surface area contributed by atoms with Crippen molar-refractivity contribution in [2.45, 2.75) is 44.6 Å². The van der Waals surface area contributed by atoms with E-state index in [9.17, 15) is 8.78 Å². The molecule has 0 radical (unpaired) electrons. The van der Waals surface area contributed by atoms with Gasteiger partial charge in [0.2, 0.25) is 5.92 Å². The number of hydrogen-bond donors (Lipinski definition) is 1. The van der Waals surface area contributed by atoms with E-state index >= 15 is 0 Å². The quantitative estimate of drug-likeness (QED) is 0.920. The van der Waals surface area contributed by atoms with Crippen molar-refractivity contribution in [1.82, 2.24) is 14.6 Å². The minimum absolute atomic E-state index is 0.0700. The van der Waals surface area contributed by atoms with Crippen molar-refractivity contribution in [2.24, 2.45) is 11.7 Å². The molecular weight excluding hydrogens is 262 g/mol. The number of halogens is 2. The summed E-state index contributed by atoms with van der Waals surface area (Å²) in [6, 6.07) is 3.47. The third-order valence-corrected chi connectivity index (χ3v) is 4.08. The summed E-state index contributed by atoms with van der Waals surface area (Å²) in [5, 5.41) is 4.33. The van der Waals surface area contributed by atoms with Crippen LogP contribution in [0.4, 0.5) is 8.78 Å². The van der Waals surface area contributed by atoms with Crippen LogP contribution in [-0.2, 0) is 0 Å². The highest BCUT2D eigenvalue weighted by Crippen LogP contribution is 2.40. The molecular formula is C14H18F2N4. The lowest BCUT2D eigenvalue weighted by atomic mass is 9.81. The van der Waals surface area contributed by atoms with Crippen LogP contribution in [0.25, 0.3) is 5.65 Å². The first kappa shape index (κ1) is 13.4. The number of hydrogen-bond acceptors (Lipinski definition) is 3. The molecule has 6 heteroatoms. The largest absolute Gasteiger partial charge is 0.322 e. The second kappa shape index (κ2) is 4.77. The molecule has 0 saturated heterocycles. The second-order valence-corrected chi connectivity index (χ2v) is 5.66. The first-order chi connectivity index (χ1) is 9.44. The highest BCUT2D eigenvalue weighted by molar-refractivity contribution is 5.39. The summed E-state index contributed by atoms with van der Waals surface area (Å²) in [4.78, 5) is 4.45. The molecule has 20 heavy (non-hydrogen) atoms. The SMILES string of the molecule is Cc1ccc2nc([C@@H](N)C3CCC(F)(F)CC3)cn2n1. The van der Waals surface area contributed by atoms with E-state index in [-0.39, 0.29) is 24.8 Å². The summed E-state index contributed by atoms with van der Waals surface area (Å²) in [7, 11) is 0. The van der Waals surface area contributed by atoms with Gasteiger partial charge >= 0.3 is 0 Å². The summed E-state index contributed by atoms with van der Waals surface area (Å²) >= 11 is 0. The molecule has 3 rings (SSSR count). The molecule has 1 atom stereocenters. The first-order valence-electron chi connectivity index (χ1n) is 6.91. The topological polar surface area (TPSA) is 56.2 Å². The van der Waals surface area contributed by atoms with Gasteiger partial charge in [-0.1, -0.05) is 0 Å². The fourth-order valence-electron chi connectivity index (χ4n) is 2.82. The molecule has 0 aromatic carbocycles. The zero-order valence-electron chi connectivity index (χ0n) is 11.4. The Morgan fingerprint density at radius 1 is 1.35 bits per heavy atom. The number of fused-ring (bicyclic) bond motifs is 1. The van der Waals surface area contributed by atoms with Gasteiger partial charge in [0.1, 0.15) is 0 Å². The van der Waals surface area contributed by atoms with Gasteiger partial charge < -0.3 is 5.73 Å². The van der Waals surface area contributed by atoms with Crippen molar-refractivity contribution in [3.63, 3.8) is 0 Å². The van der Waals surface area contributed by atoms with Crippen LogP contribution in [0.3, 0.4) is 0 Å². The maximum absolute atomic E-state index is 13.2. The average molecular weight is 280 g/mol. The summed E-state index contributed by atoms with van der Waals surface area (Å²) in [6.07, 6.45) is 2.56. The zero-order valence-corrected chi connectivity index (χ0v) is 11.4. The minimum Gasteiger partial charge on any atom is -0.322 e. The van der Waals surface area contributed by atoms with Crippen LogP contribution < -0.4 is 5.73 Å². The van der Waals surface area contributed by atoms with Gasteiger partial charge in [-0.05, 0) is 37.8 Å². The monoisotopic (exact) mass is 280 g/mol. The van der Waals surface area contributed by atoms with Crippen LogP contribution >= 0.6 is 0 Å². The molecule has 2 aromatic heterocycles. The highest BCUT2D eigenvalue weighted by atomic mass is 19.3. The van der Waals surface area contributed by atoms with Gasteiger partial charge in [-0.3, -0.25) is 0 Å². The fraction of sp³-hybridized carbons (Fsp3) is 0.571. The smallest absolute Gasteiger partial charge is 0.248 e. The minimum atomic E-state index is -2.52. The number of imidazole rings is 1. The molecule has 108 valence electrons. The molecule has 0 aliphatic heterocycles. The van der Waals surface area contributed by atoms with Gasteiger partial charge in [0.25, 0.3) is 0 Å². The number of aryl methyl sites for hydroxylation is 1. The van der Waals surface area contributed by atoms with Gasteiger partial charge in [0.15, 0.2) is 5.65 Å². The lowest BCUT2D eigenvalue weighted by Gasteiger charge is -2.31. The lowest BCUT2D eigenvalue weighted by molar-refractivity contribution is -0.0484. The molecule has 2 heterocycles. The molecule has 0 spiro atoms. The lowest BCUT2D eigenvalue weighted by Crippen LogP contribution is -2.31. The van der Waals surface area contributed by atoms with Crippen molar-refractivity contribution in [1.29, 1.82) is 0 Å². The third-order valence-electron chi connectivity index (χ3n) is 4.08. The highest BCUT2D eigenvalue weighted by Gasteiger charge is 2.37. The van der Waals surface area contributed by atoms with E-state index in [4.69, 9.17) is 5.73 Å². The first-order valence-corrected chi connectivity index (χ1v) is 6.91. The average Bonchev–Trinajstić information content (AvgIpc) is 2.80. The van der Waals surface area contributed by atoms with Gasteiger partial charge in [-0.15, -0.1) is 0 Å². The molecule has 4 nitrogen and oxygen atoms in total. The van der Waals surface area contributed by atoms with Gasteiger partial charge in [0, 0.05) is 12.8 Å². The predicted octanol–water partition coefficient (Wildman–Crippen LogP) is 2.86. The van der Waals surface area contributed by atoms with E-state index in [1.807, 2.05) is 19.1 Å². The molecule has 0 amide bonds. The molecule has 1 aliphatic carbocycles. The van der Waals surface area contributed by atoms with E-state index in [1.54, 1.807) is 10.7 Å². The molecule has 2 N–H and O–H groups in total. The summed E-state index contributed by atoms with van der Waals surface area (Å²) in [6.45, 7) is 1.91. The Morgan fingerprint density at radius 3 is 2.75 bits per heavy atom. The van der Waals surface area contributed by atoms with Crippen molar-refractivity contribution in [3.8, 4) is 0 Å². The Kier molecular flexibility index (Phi) is 3.20. The number of aromatic nitrogens is 3. The summed E-state index contributed by atoms with van der Waals surface area (Å²) in [5.74, 6) is -2.45. The maximum Gasteiger partial charge on any atom is 0.248 e. The van der Waals surface area contributed by atoms with Crippen LogP contribution in [0.15, 0.2) is 18.3 Å². The van der Waals surface area contributed by atoms with Crippen LogP contribution in [-0.4, -0.2) is 20.5 Å². The van der Waals surface area contributed by atoms with E-state index < -0.39 is 5.92 Å². The van der Waals surface area contributed by atoms with E-state index in [2.05, 4.69) is 10.1 Å². The Morgan fingerprint density at radius 2 is 2.05 bits per heavy atom. The van der Waals surface area contributed by atoms with E-state index in [0.717, 1.165) is 17.0 Å². The standard InChI is InChI=1S/C14H18F2N4/c1-9-2-3-12-18-11(8-20(12)19-9)13(17)10-4-6-14(15,16)7-5-10/h2-3,8,10,13H,4-7,17H2,1H3/t13-/m0/s1. The van der Waals surface area contributed by atoms with Crippen molar-refractivity contribution in [3.05, 3.63) is 29.7 Å². The number of alkyl halides is 2. The molecule has 2 aromatic rings. The Balaban J connectivity index is 1.80. The normalized spacial score (nSPS) is 21.2. The van der Waals surface area contributed by atoms with Crippen LogP contribution in [0.1, 0.15) is 43.1 Å². The Hall–Kier alpha value is -1.56. The van der Waals surface area contributed by atoms with Crippen molar-refractivity contribution in [2.75, 3.05) is 0 Å². The molecule has 0 unspecified atom stereocenters. The van der Waals surface area contributed by atoms with Gasteiger partial charge in [-0.25, -0.2) is 18.3 Å². The second-order valence-electron chi connectivity index (χ2n) is 5.66. The van der Waals surface area contributed by atoms with Crippen molar-refractivity contribution >= 4 is 5.65 Å². The molecule has 0 bridgehead atoms. The van der Waals surface area contributed by atoms with Crippen LogP contribution in [0.5, 0.6) is 0 Å². The predicted molar refractivity (Wildman–Crippen MR) is 71.6 cm³/mol. The zero-order chi connectivity index (χ0) is 14.3. The van der Waals surface area contributed by atoms with E-state index in [1.165, 1.54) is 0 Å². The number of nitrogens with zero attached hydrogens (tertiary/aromatic N) is 3. The molecule has 1 saturated carbocycles. The molecule has 1 fully saturated rings. The molecule has 1 aliphatic rings. The van der Waals surface area contributed by atoms with Gasteiger partial charge in [-0.2, -0.15) is 5.10 Å². The fourth-order valence-corrected chi connectivity index (χ4v) is 2.82. The summed E-state index contributed by atoms with van der Waals surface area (Å²) < 4.78 is 28.1. The maximum atomic E-state index is 13.2. The third kappa shape index (κ3) is 2.52. The van der Waals surface area contributed by atoms with Crippen molar-refractivity contribution < 1.29 is 8.78 Å². The Labute approximate surface area is 116 Å². The van der Waals surface area contributed by atoms with Gasteiger partial charge in [0.05, 0.1) is 23.6 Å². The Bertz CT molecular complexity index is 613. The number of nitrogens with two attached hydrogens (primary N) is 1. The van der Waals surface area contributed by atoms with Crippen LogP contribution in [0, 0.1) is 12.8 Å². The van der Waals surface area contributed by atoms with Crippen LogP contribution in [0.2, 0.25) is 0 Å². The number of rotatable bonds is 2.